The Morgan fingerprint density at radius 3 is 2.58 bits per heavy atom. The average molecular weight is 424 g/mol. The molecule has 2 amide bonds. The smallest absolute Gasteiger partial charge is 0.311 e. The Morgan fingerprint density at radius 1 is 1.13 bits per heavy atom. The lowest BCUT2D eigenvalue weighted by molar-refractivity contribution is -0.152. The predicted molar refractivity (Wildman–Crippen MR) is 117 cm³/mol. The van der Waals surface area contributed by atoms with E-state index in [0.29, 0.717) is 13.0 Å². The summed E-state index contributed by atoms with van der Waals surface area (Å²) in [5.41, 5.74) is 3.98. The zero-order valence-electron chi connectivity index (χ0n) is 18.1. The summed E-state index contributed by atoms with van der Waals surface area (Å²) in [5, 5.41) is 2.74. The molecule has 0 aromatic heterocycles. The van der Waals surface area contributed by atoms with Crippen molar-refractivity contribution in [2.45, 2.75) is 26.7 Å². The lowest BCUT2D eigenvalue weighted by atomic mass is 10.1. The number of carbonyl (C=O) groups is 3. The third kappa shape index (κ3) is 5.63. The Morgan fingerprint density at radius 2 is 1.87 bits per heavy atom. The second-order valence-corrected chi connectivity index (χ2v) is 7.68. The van der Waals surface area contributed by atoms with E-state index in [9.17, 15) is 14.4 Å². The topological polar surface area (TPSA) is 84.9 Å². The van der Waals surface area contributed by atoms with E-state index >= 15 is 0 Å². The molecule has 1 fully saturated rings. The zero-order chi connectivity index (χ0) is 22.4. The van der Waals surface area contributed by atoms with Gasteiger partial charge in [-0.15, -0.1) is 0 Å². The van der Waals surface area contributed by atoms with Gasteiger partial charge >= 0.3 is 5.97 Å². The molecule has 7 nitrogen and oxygen atoms in total. The van der Waals surface area contributed by atoms with Gasteiger partial charge in [0.2, 0.25) is 5.91 Å². The van der Waals surface area contributed by atoms with Gasteiger partial charge in [-0.05, 0) is 55.2 Å². The summed E-state index contributed by atoms with van der Waals surface area (Å²) in [4.78, 5) is 38.5. The van der Waals surface area contributed by atoms with Crippen LogP contribution in [0.1, 0.15) is 23.1 Å². The van der Waals surface area contributed by atoms with E-state index in [0.717, 1.165) is 28.1 Å². The predicted octanol–water partition coefficient (Wildman–Crippen LogP) is 2.57. The molecule has 0 aliphatic carbocycles. The molecule has 1 saturated heterocycles. The number of rotatable bonds is 8. The number of ether oxygens (including phenoxy) is 2. The van der Waals surface area contributed by atoms with Gasteiger partial charge in [0.15, 0.2) is 6.61 Å². The molecule has 0 unspecified atom stereocenters. The van der Waals surface area contributed by atoms with E-state index in [1.54, 1.807) is 12.0 Å². The SMILES string of the molecule is COc1ccc(CCNC(=O)COC(=O)[C@H]2CC(=O)N(c3cccc(C)c3C)C2)cc1. The second-order valence-electron chi connectivity index (χ2n) is 7.68. The third-order valence-corrected chi connectivity index (χ3v) is 5.57. The molecular weight excluding hydrogens is 396 g/mol. The van der Waals surface area contributed by atoms with Crippen LogP contribution in [0.4, 0.5) is 5.69 Å². The highest BCUT2D eigenvalue weighted by molar-refractivity contribution is 6.00. The Hall–Kier alpha value is -3.35. The van der Waals surface area contributed by atoms with E-state index in [4.69, 9.17) is 9.47 Å². The van der Waals surface area contributed by atoms with Gasteiger partial charge in [0.25, 0.3) is 5.91 Å². The molecule has 7 heteroatoms. The molecule has 1 heterocycles. The van der Waals surface area contributed by atoms with Gasteiger partial charge in [-0.3, -0.25) is 14.4 Å². The molecule has 1 atom stereocenters. The Labute approximate surface area is 182 Å². The zero-order valence-corrected chi connectivity index (χ0v) is 18.1. The maximum Gasteiger partial charge on any atom is 0.311 e. The molecule has 2 aromatic carbocycles. The van der Waals surface area contributed by atoms with Crippen molar-refractivity contribution in [3.63, 3.8) is 0 Å². The van der Waals surface area contributed by atoms with E-state index in [1.807, 2.05) is 56.3 Å². The molecule has 1 aliphatic rings. The molecule has 1 aliphatic heterocycles. The minimum absolute atomic E-state index is 0.0886. The number of aryl methyl sites for hydroxylation is 1. The fraction of sp³-hybridized carbons (Fsp3) is 0.375. The normalized spacial score (nSPS) is 15.6. The Bertz CT molecular complexity index is 955. The molecule has 0 radical (unpaired) electrons. The van der Waals surface area contributed by atoms with Crippen LogP contribution < -0.4 is 15.0 Å². The standard InChI is InChI=1S/C24H28N2O5/c1-16-5-4-6-21(17(16)2)26-14-19(13-23(26)28)24(29)31-15-22(27)25-12-11-18-7-9-20(30-3)10-8-18/h4-10,19H,11-15H2,1-3H3,(H,25,27)/t19-/m0/s1. The fourth-order valence-corrected chi connectivity index (χ4v) is 3.57. The Balaban J connectivity index is 1.43. The summed E-state index contributed by atoms with van der Waals surface area (Å²) in [6, 6.07) is 13.4. The molecule has 1 N–H and O–H groups in total. The number of amides is 2. The lowest BCUT2D eigenvalue weighted by Crippen LogP contribution is -2.32. The molecule has 31 heavy (non-hydrogen) atoms. The molecule has 0 bridgehead atoms. The summed E-state index contributed by atoms with van der Waals surface area (Å²) in [7, 11) is 1.61. The Kier molecular flexibility index (Phi) is 7.28. The second kappa shape index (κ2) is 10.1. The largest absolute Gasteiger partial charge is 0.497 e. The molecule has 0 saturated carbocycles. The van der Waals surface area contributed by atoms with Crippen LogP contribution in [-0.4, -0.2) is 44.6 Å². The van der Waals surface area contributed by atoms with Crippen molar-refractivity contribution in [1.82, 2.24) is 5.32 Å². The number of benzene rings is 2. The van der Waals surface area contributed by atoms with Crippen LogP contribution in [0.15, 0.2) is 42.5 Å². The van der Waals surface area contributed by atoms with Crippen LogP contribution in [0.5, 0.6) is 5.75 Å². The number of hydrogen-bond donors (Lipinski definition) is 1. The van der Waals surface area contributed by atoms with Gasteiger partial charge in [-0.25, -0.2) is 0 Å². The number of hydrogen-bond acceptors (Lipinski definition) is 5. The van der Waals surface area contributed by atoms with Crippen molar-refractivity contribution in [2.75, 3.05) is 31.7 Å². The highest BCUT2D eigenvalue weighted by atomic mass is 16.5. The first kappa shape index (κ1) is 22.3. The number of anilines is 1. The highest BCUT2D eigenvalue weighted by Crippen LogP contribution is 2.29. The minimum atomic E-state index is -0.570. The fourth-order valence-electron chi connectivity index (χ4n) is 3.57. The first-order chi connectivity index (χ1) is 14.9. The number of esters is 1. The molecule has 0 spiro atoms. The van der Waals surface area contributed by atoms with Crippen molar-refractivity contribution in [3.8, 4) is 5.75 Å². The van der Waals surface area contributed by atoms with Crippen molar-refractivity contribution in [1.29, 1.82) is 0 Å². The summed E-state index contributed by atoms with van der Waals surface area (Å²) < 4.78 is 10.3. The van der Waals surface area contributed by atoms with Crippen molar-refractivity contribution >= 4 is 23.5 Å². The maximum atomic E-state index is 12.4. The van der Waals surface area contributed by atoms with Crippen LogP contribution >= 0.6 is 0 Å². The molecular formula is C24H28N2O5. The van der Waals surface area contributed by atoms with Crippen LogP contribution in [-0.2, 0) is 25.5 Å². The van der Waals surface area contributed by atoms with E-state index < -0.39 is 11.9 Å². The summed E-state index contributed by atoms with van der Waals surface area (Å²) >= 11 is 0. The third-order valence-electron chi connectivity index (χ3n) is 5.57. The van der Waals surface area contributed by atoms with Crippen LogP contribution in [0.25, 0.3) is 0 Å². The molecule has 3 rings (SSSR count). The van der Waals surface area contributed by atoms with Gasteiger partial charge < -0.3 is 19.7 Å². The average Bonchev–Trinajstić information content (AvgIpc) is 3.16. The van der Waals surface area contributed by atoms with Gasteiger partial charge in [0.1, 0.15) is 5.75 Å². The van der Waals surface area contributed by atoms with Crippen LogP contribution in [0.2, 0.25) is 0 Å². The number of nitrogens with zero attached hydrogens (tertiary/aromatic N) is 1. The maximum absolute atomic E-state index is 12.4. The summed E-state index contributed by atoms with van der Waals surface area (Å²) in [5.74, 6) is -0.788. The molecule has 164 valence electrons. The van der Waals surface area contributed by atoms with Crippen LogP contribution in [0, 0.1) is 19.8 Å². The number of methoxy groups -OCH3 is 1. The van der Waals surface area contributed by atoms with Gasteiger partial charge in [-0.2, -0.15) is 0 Å². The van der Waals surface area contributed by atoms with Crippen molar-refractivity contribution in [2.24, 2.45) is 5.92 Å². The van der Waals surface area contributed by atoms with Crippen molar-refractivity contribution < 1.29 is 23.9 Å². The summed E-state index contributed by atoms with van der Waals surface area (Å²) in [6.07, 6.45) is 0.747. The minimum Gasteiger partial charge on any atom is -0.497 e. The lowest BCUT2D eigenvalue weighted by Gasteiger charge is -2.20. The van der Waals surface area contributed by atoms with E-state index in [1.165, 1.54) is 0 Å². The number of nitrogens with one attached hydrogen (secondary N) is 1. The first-order valence-electron chi connectivity index (χ1n) is 10.3. The monoisotopic (exact) mass is 424 g/mol. The van der Waals surface area contributed by atoms with E-state index in [-0.39, 0.29) is 31.4 Å². The van der Waals surface area contributed by atoms with Crippen molar-refractivity contribution in [3.05, 3.63) is 59.2 Å². The summed E-state index contributed by atoms with van der Waals surface area (Å²) in [6.45, 7) is 4.29. The van der Waals surface area contributed by atoms with Gasteiger partial charge in [-0.1, -0.05) is 24.3 Å². The molecule has 2 aromatic rings. The van der Waals surface area contributed by atoms with Gasteiger partial charge in [0, 0.05) is 25.2 Å². The first-order valence-corrected chi connectivity index (χ1v) is 10.3. The van der Waals surface area contributed by atoms with Gasteiger partial charge in [0.05, 0.1) is 13.0 Å². The number of carbonyl (C=O) groups excluding carboxylic acids is 3. The van der Waals surface area contributed by atoms with Crippen LogP contribution in [0.3, 0.4) is 0 Å². The quantitative estimate of drug-likeness (QED) is 0.659. The van der Waals surface area contributed by atoms with E-state index in [2.05, 4.69) is 5.32 Å². The highest BCUT2D eigenvalue weighted by Gasteiger charge is 2.37.